The number of fused-ring (bicyclic) bond motifs is 1. The van der Waals surface area contributed by atoms with Crippen molar-refractivity contribution in [3.8, 4) is 0 Å². The van der Waals surface area contributed by atoms with Gasteiger partial charge in [0, 0.05) is 30.7 Å². The van der Waals surface area contributed by atoms with Crippen LogP contribution in [0.4, 0.5) is 5.82 Å². The van der Waals surface area contributed by atoms with Gasteiger partial charge in [-0.15, -0.1) is 11.6 Å². The second-order valence-corrected chi connectivity index (χ2v) is 6.02. The highest BCUT2D eigenvalue weighted by Gasteiger charge is 2.35. The van der Waals surface area contributed by atoms with Crippen molar-refractivity contribution in [2.75, 3.05) is 24.5 Å². The summed E-state index contributed by atoms with van der Waals surface area (Å²) in [4.78, 5) is 13.4. The third kappa shape index (κ3) is 2.41. The van der Waals surface area contributed by atoms with E-state index >= 15 is 0 Å². The maximum absolute atomic E-state index is 6.14. The van der Waals surface area contributed by atoms with Crippen molar-refractivity contribution in [1.29, 1.82) is 0 Å². The van der Waals surface area contributed by atoms with Crippen LogP contribution in [-0.2, 0) is 5.88 Å². The molecule has 2 fully saturated rings. The Morgan fingerprint density at radius 2 is 2.21 bits per heavy atom. The van der Waals surface area contributed by atoms with Gasteiger partial charge in [-0.2, -0.15) is 0 Å². The molecular weight excluding hydrogens is 283 g/mol. The minimum Gasteiger partial charge on any atom is -0.351 e. The predicted octanol–water partition coefficient (Wildman–Crippen LogP) is 2.54. The van der Waals surface area contributed by atoms with Crippen molar-refractivity contribution < 1.29 is 0 Å². The van der Waals surface area contributed by atoms with Crippen LogP contribution in [0.5, 0.6) is 0 Å². The Kier molecular flexibility index (Phi) is 3.83. The standard InChI is InChI=1S/C13H18Cl2N4/c1-9-6-18-4-2-3-10(18)7-19(9)13-11(5-14)12(15)16-8-17-13/h8-10H,2-7H2,1H3. The zero-order chi connectivity index (χ0) is 13.4. The smallest absolute Gasteiger partial charge is 0.138 e. The number of rotatable bonds is 2. The summed E-state index contributed by atoms with van der Waals surface area (Å²) in [7, 11) is 0. The van der Waals surface area contributed by atoms with Gasteiger partial charge >= 0.3 is 0 Å². The van der Waals surface area contributed by atoms with Crippen LogP contribution in [-0.4, -0.2) is 46.6 Å². The zero-order valence-corrected chi connectivity index (χ0v) is 12.5. The van der Waals surface area contributed by atoms with Crippen molar-refractivity contribution in [2.24, 2.45) is 0 Å². The van der Waals surface area contributed by atoms with E-state index in [-0.39, 0.29) is 0 Å². The van der Waals surface area contributed by atoms with E-state index in [1.165, 1.54) is 25.7 Å². The minimum atomic E-state index is 0.354. The molecule has 0 amide bonds. The molecule has 4 nitrogen and oxygen atoms in total. The van der Waals surface area contributed by atoms with Gasteiger partial charge in [-0.1, -0.05) is 11.6 Å². The van der Waals surface area contributed by atoms with Crippen molar-refractivity contribution in [3.63, 3.8) is 0 Å². The molecule has 2 aliphatic heterocycles. The summed E-state index contributed by atoms with van der Waals surface area (Å²) in [5.41, 5.74) is 0.851. The lowest BCUT2D eigenvalue weighted by Crippen LogP contribution is -2.55. The molecule has 1 aromatic heterocycles. The molecule has 6 heteroatoms. The second kappa shape index (κ2) is 5.43. The van der Waals surface area contributed by atoms with Gasteiger partial charge in [0.25, 0.3) is 0 Å². The fourth-order valence-electron chi connectivity index (χ4n) is 3.23. The summed E-state index contributed by atoms with van der Waals surface area (Å²) >= 11 is 12.1. The molecule has 0 aromatic carbocycles. The van der Waals surface area contributed by atoms with Crippen LogP contribution in [0.1, 0.15) is 25.3 Å². The molecule has 2 saturated heterocycles. The minimum absolute atomic E-state index is 0.354. The molecule has 0 radical (unpaired) electrons. The largest absolute Gasteiger partial charge is 0.351 e. The molecule has 0 saturated carbocycles. The molecule has 3 heterocycles. The van der Waals surface area contributed by atoms with Crippen LogP contribution < -0.4 is 4.90 Å². The third-order valence-electron chi connectivity index (χ3n) is 4.21. The Morgan fingerprint density at radius 3 is 3.00 bits per heavy atom. The number of anilines is 1. The van der Waals surface area contributed by atoms with E-state index in [1.807, 2.05) is 0 Å². The van der Waals surface area contributed by atoms with Crippen molar-refractivity contribution in [1.82, 2.24) is 14.9 Å². The maximum Gasteiger partial charge on any atom is 0.138 e. The number of hydrogen-bond acceptors (Lipinski definition) is 4. The van der Waals surface area contributed by atoms with E-state index in [9.17, 15) is 0 Å². The molecule has 0 N–H and O–H groups in total. The number of aromatic nitrogens is 2. The molecule has 0 aliphatic carbocycles. The van der Waals surface area contributed by atoms with Crippen LogP contribution in [0.2, 0.25) is 5.15 Å². The van der Waals surface area contributed by atoms with Gasteiger partial charge in [0.1, 0.15) is 17.3 Å². The van der Waals surface area contributed by atoms with Crippen molar-refractivity contribution in [2.45, 2.75) is 37.7 Å². The molecule has 3 rings (SSSR count). The third-order valence-corrected chi connectivity index (χ3v) is 4.81. The highest BCUT2D eigenvalue weighted by atomic mass is 35.5. The monoisotopic (exact) mass is 300 g/mol. The summed E-state index contributed by atoms with van der Waals surface area (Å²) < 4.78 is 0. The highest BCUT2D eigenvalue weighted by molar-refractivity contribution is 6.31. The topological polar surface area (TPSA) is 32.3 Å². The van der Waals surface area contributed by atoms with E-state index in [4.69, 9.17) is 23.2 Å². The summed E-state index contributed by atoms with van der Waals surface area (Å²) in [6, 6.07) is 1.08. The molecule has 2 unspecified atom stereocenters. The first-order valence-electron chi connectivity index (χ1n) is 6.76. The van der Waals surface area contributed by atoms with Gasteiger partial charge in [-0.3, -0.25) is 4.90 Å². The average Bonchev–Trinajstić information content (AvgIpc) is 2.84. The lowest BCUT2D eigenvalue weighted by Gasteiger charge is -2.43. The predicted molar refractivity (Wildman–Crippen MR) is 78.0 cm³/mol. The van der Waals surface area contributed by atoms with Crippen LogP contribution in [0.15, 0.2) is 6.33 Å². The first-order valence-corrected chi connectivity index (χ1v) is 7.68. The molecule has 2 atom stereocenters. The number of piperazine rings is 1. The van der Waals surface area contributed by atoms with Crippen LogP contribution >= 0.6 is 23.2 Å². The Bertz CT molecular complexity index is 468. The molecule has 104 valence electrons. The lowest BCUT2D eigenvalue weighted by atomic mass is 10.1. The van der Waals surface area contributed by atoms with Gasteiger partial charge in [-0.25, -0.2) is 9.97 Å². The number of hydrogen-bond donors (Lipinski definition) is 0. The van der Waals surface area contributed by atoms with E-state index in [0.717, 1.165) is 24.5 Å². The van der Waals surface area contributed by atoms with Crippen molar-refractivity contribution >= 4 is 29.0 Å². The SMILES string of the molecule is CC1CN2CCCC2CN1c1ncnc(Cl)c1CCl. The van der Waals surface area contributed by atoms with Crippen LogP contribution in [0.3, 0.4) is 0 Å². The Balaban J connectivity index is 1.91. The maximum atomic E-state index is 6.14. The Morgan fingerprint density at radius 1 is 1.37 bits per heavy atom. The average molecular weight is 301 g/mol. The van der Waals surface area contributed by atoms with Gasteiger partial charge < -0.3 is 4.90 Å². The van der Waals surface area contributed by atoms with Gasteiger partial charge in [0.05, 0.1) is 5.88 Å². The quantitative estimate of drug-likeness (QED) is 0.621. The van der Waals surface area contributed by atoms with Gasteiger partial charge in [-0.05, 0) is 26.3 Å². The van der Waals surface area contributed by atoms with Crippen LogP contribution in [0, 0.1) is 0 Å². The lowest BCUT2D eigenvalue weighted by molar-refractivity contribution is 0.202. The fourth-order valence-corrected chi connectivity index (χ4v) is 3.74. The fraction of sp³-hybridized carbons (Fsp3) is 0.692. The highest BCUT2D eigenvalue weighted by Crippen LogP contribution is 2.31. The number of nitrogens with zero attached hydrogens (tertiary/aromatic N) is 4. The first kappa shape index (κ1) is 13.4. The summed E-state index contributed by atoms with van der Waals surface area (Å²) in [6.07, 6.45) is 4.11. The number of halogens is 2. The molecule has 1 aromatic rings. The number of alkyl halides is 1. The zero-order valence-electron chi connectivity index (χ0n) is 11.0. The summed E-state index contributed by atoms with van der Waals surface area (Å²) in [5.74, 6) is 1.26. The Labute approximate surface area is 123 Å². The normalized spacial score (nSPS) is 27.6. The van der Waals surface area contributed by atoms with E-state index in [1.54, 1.807) is 0 Å². The van der Waals surface area contributed by atoms with Crippen LogP contribution in [0.25, 0.3) is 0 Å². The molecule has 2 aliphatic rings. The van der Waals surface area contributed by atoms with E-state index < -0.39 is 0 Å². The van der Waals surface area contributed by atoms with Gasteiger partial charge in [0.15, 0.2) is 0 Å². The van der Waals surface area contributed by atoms with Gasteiger partial charge in [0.2, 0.25) is 0 Å². The van der Waals surface area contributed by atoms with E-state index in [0.29, 0.717) is 23.1 Å². The second-order valence-electron chi connectivity index (χ2n) is 5.39. The molecule has 19 heavy (non-hydrogen) atoms. The molecule has 0 spiro atoms. The molecular formula is C13H18Cl2N4. The van der Waals surface area contributed by atoms with E-state index in [2.05, 4.69) is 26.7 Å². The first-order chi connectivity index (χ1) is 9.20. The summed E-state index contributed by atoms with van der Waals surface area (Å²) in [5, 5.41) is 0.473. The van der Waals surface area contributed by atoms with Crippen molar-refractivity contribution in [3.05, 3.63) is 17.0 Å². The summed E-state index contributed by atoms with van der Waals surface area (Å²) in [6.45, 7) is 5.57. The molecule has 0 bridgehead atoms. The Hall–Kier alpha value is -0.580.